The predicted molar refractivity (Wildman–Crippen MR) is 199 cm³/mol. The summed E-state index contributed by atoms with van der Waals surface area (Å²) in [6, 6.07) is -18.1. The molecule has 0 bridgehead atoms. The van der Waals surface area contributed by atoms with Crippen LogP contribution in [0.25, 0.3) is 98.0 Å². The van der Waals surface area contributed by atoms with Gasteiger partial charge in [0.2, 0.25) is 0 Å². The molecule has 0 spiro atoms. The Morgan fingerprint density at radius 1 is 0.362 bits per heavy atom. The quantitative estimate of drug-likeness (QED) is 0.175. The monoisotopic (exact) mass is 619 g/mol. The van der Waals surface area contributed by atoms with E-state index in [1.54, 1.807) is 0 Å². The second-order valence-electron chi connectivity index (χ2n) is 10.8. The molecule has 11 rings (SSSR count). The molecule has 0 saturated heterocycles. The lowest BCUT2D eigenvalue weighted by Crippen LogP contribution is -1.99. The van der Waals surface area contributed by atoms with Crippen LogP contribution >= 0.6 is 0 Å². The number of hydrogen-bond donors (Lipinski definition) is 0. The Kier molecular flexibility index (Phi) is 2.20. The number of ether oxygens (including phenoxy) is 1. The van der Waals surface area contributed by atoms with Gasteiger partial charge in [0.15, 0.2) is 0 Å². The van der Waals surface area contributed by atoms with E-state index in [0.717, 1.165) is 6.07 Å². The van der Waals surface area contributed by atoms with Crippen LogP contribution in [0.4, 0.5) is 0 Å². The van der Waals surface area contributed by atoms with E-state index >= 15 is 0 Å². The molecule has 0 atom stereocenters. The summed E-state index contributed by atoms with van der Waals surface area (Å²) in [5.41, 5.74) is -3.20. The van der Waals surface area contributed by atoms with Gasteiger partial charge < -0.3 is 4.74 Å². The second-order valence-corrected chi connectivity index (χ2v) is 10.8. The van der Waals surface area contributed by atoms with E-state index in [-0.39, 0.29) is 37.9 Å². The third-order valence-electron chi connectivity index (χ3n) is 8.39. The fourth-order valence-electron chi connectivity index (χ4n) is 6.33. The van der Waals surface area contributed by atoms with Crippen molar-refractivity contribution in [2.24, 2.45) is 0 Å². The third-order valence-corrected chi connectivity index (χ3v) is 8.39. The van der Waals surface area contributed by atoms with Crippen LogP contribution in [0.3, 0.4) is 0 Å². The molecule has 1 heteroatoms. The molecule has 0 aromatic heterocycles. The number of rotatable bonds is 2. The van der Waals surface area contributed by atoms with Crippen molar-refractivity contribution in [3.8, 4) is 44.9 Å². The van der Waals surface area contributed by atoms with Gasteiger partial charge in [0.1, 0.15) is 11.5 Å². The molecule has 0 amide bonds. The zero-order valence-electron chi connectivity index (χ0n) is 48.5. The summed E-state index contributed by atoms with van der Waals surface area (Å²) < 4.78 is 233. The number of fused-ring (bicyclic) bond motifs is 5. The van der Waals surface area contributed by atoms with Crippen LogP contribution in [0.5, 0.6) is 11.5 Å². The van der Waals surface area contributed by atoms with Crippen LogP contribution in [-0.4, -0.2) is 0 Å². The van der Waals surface area contributed by atoms with Crippen LogP contribution in [-0.2, 0) is 0 Å². The van der Waals surface area contributed by atoms with Crippen molar-refractivity contribution in [1.29, 1.82) is 0 Å². The van der Waals surface area contributed by atoms with Gasteiger partial charge in [0.05, 0.1) is 34.3 Å². The Bertz CT molecular complexity index is 4330. The molecule has 10 aromatic carbocycles. The molecule has 0 saturated carbocycles. The average molecular weight is 620 g/mol. The fraction of sp³-hybridized carbons (Fsp3) is 0. The first kappa shape index (κ1) is 11.3. The van der Waals surface area contributed by atoms with E-state index in [4.69, 9.17) is 25.3 Å². The molecule has 10 aromatic rings. The molecule has 1 aliphatic heterocycles. The maximum atomic E-state index is 9.96. The Balaban J connectivity index is 1.34. The second kappa shape index (κ2) is 9.19. The van der Waals surface area contributed by atoms with Gasteiger partial charge in [0.25, 0.3) is 0 Å². The van der Waals surface area contributed by atoms with Crippen molar-refractivity contribution in [2.45, 2.75) is 0 Å². The first-order valence-corrected chi connectivity index (χ1v) is 14.2. The van der Waals surface area contributed by atoms with Crippen molar-refractivity contribution >= 4 is 64.6 Å². The molecule has 47 heavy (non-hydrogen) atoms. The lowest BCUT2D eigenvalue weighted by molar-refractivity contribution is 0.493. The van der Waals surface area contributed by atoms with Crippen molar-refractivity contribution < 1.29 is 39.0 Å². The Morgan fingerprint density at radius 2 is 1.00 bits per heavy atom. The van der Waals surface area contributed by atoms with E-state index in [1.807, 2.05) is 0 Å². The lowest BCUT2D eigenvalue weighted by Gasteiger charge is -2.24. The minimum atomic E-state index is -0.915. The number of hydrogen-bond acceptors (Lipinski definition) is 1. The summed E-state index contributed by atoms with van der Waals surface area (Å²) in [4.78, 5) is 0. The molecule has 0 N–H and O–H groups in total. The predicted octanol–water partition coefficient (Wildman–Crippen LogP) is 13.2. The summed E-state index contributed by atoms with van der Waals surface area (Å²) in [5.74, 6) is -0.989. The van der Waals surface area contributed by atoms with Gasteiger partial charge in [0, 0.05) is 16.3 Å². The molecule has 0 radical (unpaired) electrons. The van der Waals surface area contributed by atoms with Crippen LogP contribution in [0.1, 0.15) is 34.3 Å². The van der Waals surface area contributed by atoms with Gasteiger partial charge >= 0.3 is 0 Å². The third kappa shape index (κ3) is 3.43. The minimum Gasteiger partial charge on any atom is -0.455 e. The summed E-state index contributed by atoms with van der Waals surface area (Å²) in [6.45, 7) is 0. The molecule has 1 aliphatic rings. The summed E-state index contributed by atoms with van der Waals surface area (Å²) in [5, 5.41) is -4.78. The van der Waals surface area contributed by atoms with Gasteiger partial charge in [-0.25, -0.2) is 0 Å². The Morgan fingerprint density at radius 3 is 1.94 bits per heavy atom. The van der Waals surface area contributed by atoms with Crippen molar-refractivity contribution in [1.82, 2.24) is 0 Å². The molecule has 216 valence electrons. The van der Waals surface area contributed by atoms with E-state index in [9.17, 15) is 13.7 Å². The van der Waals surface area contributed by atoms with Gasteiger partial charge in [-0.2, -0.15) is 0 Å². The van der Waals surface area contributed by atoms with Gasteiger partial charge in [-0.3, -0.25) is 0 Å². The largest absolute Gasteiger partial charge is 0.455 e. The molecular weight excluding hydrogens is 569 g/mol. The lowest BCUT2D eigenvalue weighted by atomic mass is 9.87. The smallest absolute Gasteiger partial charge is 0.143 e. The first-order chi connectivity index (χ1) is 33.7. The van der Waals surface area contributed by atoms with Crippen molar-refractivity contribution in [3.05, 3.63) is 157 Å². The highest BCUT2D eigenvalue weighted by Gasteiger charge is 2.24. The molecule has 1 nitrogen and oxygen atoms in total. The highest BCUT2D eigenvalue weighted by molar-refractivity contribution is 6.25. The molecule has 0 unspecified atom stereocenters. The normalized spacial score (nSPS) is 19.9. The highest BCUT2D eigenvalue weighted by Crippen LogP contribution is 2.51. The SMILES string of the molecule is [2H]c1cc2c(-c3c([2H])c([2H])c([2H])c4c([2H])c([2H])c(-c5c([2H])c([2H])c6c([2H])c([2H])c7c([2H])c([2H])c([2H])c8c([2H])c([2H])c5c6c78)c([2H])c34)c([2H])c([2H])c3c2c(c1[2H])-c1c([2H])c([2H])c2c([2H])c([2H])c([2H])c([2H])c2c1O3. The maximum Gasteiger partial charge on any atom is 0.143 e. The van der Waals surface area contributed by atoms with Crippen LogP contribution < -0.4 is 4.74 Å². The van der Waals surface area contributed by atoms with Crippen LogP contribution in [0, 0.1) is 0 Å². The minimum absolute atomic E-state index is 0.245. The van der Waals surface area contributed by atoms with Crippen molar-refractivity contribution in [3.63, 3.8) is 0 Å². The number of benzene rings is 10. The van der Waals surface area contributed by atoms with Gasteiger partial charge in [-0.1, -0.05) is 139 Å². The zero-order valence-corrected chi connectivity index (χ0v) is 23.5. The highest BCUT2D eigenvalue weighted by atomic mass is 16.5. The standard InChI is InChI=1S/C46H26O/c1-2-10-34-27(6-1)18-23-40-38-13-5-12-37-36(24-25-42(45(37)38)47-46(34)40)35-11-4-7-28-14-17-32(26-41(28)35)33-21-19-31-16-15-29-8-3-9-30-20-22-39(33)44(31)43(29)30/h1-26H/i1D,2D,3D,4D,5D,6D,7D,8D,9D,10D,11D,13D,14D,15D,16D,17D,18D,19D,20D,21D,22D,23D,24D,25D,26D. The Hall–Kier alpha value is -6.18. The summed E-state index contributed by atoms with van der Waals surface area (Å²) in [7, 11) is 0. The first-order valence-electron chi connectivity index (χ1n) is 26.7. The van der Waals surface area contributed by atoms with E-state index < -0.39 is 223 Å². The molecule has 0 fully saturated rings. The van der Waals surface area contributed by atoms with E-state index in [2.05, 4.69) is 0 Å². The van der Waals surface area contributed by atoms with Gasteiger partial charge in [-0.05, 0) is 99.8 Å². The summed E-state index contributed by atoms with van der Waals surface area (Å²) in [6.07, 6.45) is 0. The van der Waals surface area contributed by atoms with E-state index in [1.165, 1.54) is 0 Å². The molecule has 0 aliphatic carbocycles. The molecule has 1 heterocycles. The van der Waals surface area contributed by atoms with Crippen LogP contribution in [0.15, 0.2) is 157 Å². The molecular formula is C46H26O. The zero-order chi connectivity index (χ0) is 52.4. The fourth-order valence-corrected chi connectivity index (χ4v) is 6.33. The Labute approximate surface area is 306 Å². The van der Waals surface area contributed by atoms with Crippen LogP contribution in [0.2, 0.25) is 0 Å². The maximum absolute atomic E-state index is 9.96. The van der Waals surface area contributed by atoms with Crippen molar-refractivity contribution in [2.75, 3.05) is 0 Å². The van der Waals surface area contributed by atoms with Gasteiger partial charge in [-0.15, -0.1) is 0 Å². The van der Waals surface area contributed by atoms with E-state index in [0.29, 0.717) is 0 Å². The average Bonchev–Trinajstić information content (AvgIpc) is 3.34. The topological polar surface area (TPSA) is 9.23 Å². The summed E-state index contributed by atoms with van der Waals surface area (Å²) >= 11 is 0.